The summed E-state index contributed by atoms with van der Waals surface area (Å²) in [7, 11) is 0. The van der Waals surface area contributed by atoms with Crippen molar-refractivity contribution in [3.63, 3.8) is 0 Å². The molecule has 0 amide bonds. The van der Waals surface area contributed by atoms with Crippen molar-refractivity contribution in [2.24, 2.45) is 10.2 Å². The van der Waals surface area contributed by atoms with Crippen LogP contribution < -0.4 is 0 Å². The summed E-state index contributed by atoms with van der Waals surface area (Å²) in [5.74, 6) is 0.681. The molecule has 0 aliphatic carbocycles. The number of aliphatic hydroxyl groups excluding tert-OH is 1. The van der Waals surface area contributed by atoms with Gasteiger partial charge in [0.2, 0.25) is 0 Å². The van der Waals surface area contributed by atoms with Crippen LogP contribution in [0.25, 0.3) is 5.65 Å². The first-order valence-electron chi connectivity index (χ1n) is 6.75. The minimum Gasteiger partial charge on any atom is -0.392 e. The van der Waals surface area contributed by atoms with Crippen LogP contribution in [-0.2, 0) is 6.61 Å². The number of hydrogen-bond donors (Lipinski definition) is 1. The van der Waals surface area contributed by atoms with Crippen LogP contribution in [0.15, 0.2) is 52.8 Å². The fourth-order valence-electron chi connectivity index (χ4n) is 2.19. The molecule has 106 valence electrons. The zero-order valence-electron chi connectivity index (χ0n) is 12.0. The van der Waals surface area contributed by atoms with Crippen LogP contribution in [0, 0.1) is 13.8 Å². The molecular formula is C16H16N4O. The average molecular weight is 280 g/mol. The van der Waals surface area contributed by atoms with Crippen LogP contribution in [0.5, 0.6) is 0 Å². The van der Waals surface area contributed by atoms with Crippen molar-refractivity contribution in [3.8, 4) is 0 Å². The molecule has 5 nitrogen and oxygen atoms in total. The third kappa shape index (κ3) is 2.55. The smallest absolute Gasteiger partial charge is 0.182 e. The average Bonchev–Trinajstić information content (AvgIpc) is 2.82. The van der Waals surface area contributed by atoms with Crippen LogP contribution in [-0.4, -0.2) is 14.5 Å². The van der Waals surface area contributed by atoms with Gasteiger partial charge in [0, 0.05) is 11.8 Å². The lowest BCUT2D eigenvalue weighted by Crippen LogP contribution is -1.90. The quantitative estimate of drug-likeness (QED) is 0.740. The van der Waals surface area contributed by atoms with Gasteiger partial charge in [0.05, 0.1) is 18.0 Å². The summed E-state index contributed by atoms with van der Waals surface area (Å²) in [4.78, 5) is 4.46. The van der Waals surface area contributed by atoms with E-state index in [1.165, 1.54) is 5.56 Å². The first kappa shape index (κ1) is 13.5. The summed E-state index contributed by atoms with van der Waals surface area (Å²) < 4.78 is 1.85. The van der Waals surface area contributed by atoms with Gasteiger partial charge in [0.25, 0.3) is 0 Å². The van der Waals surface area contributed by atoms with E-state index in [0.29, 0.717) is 5.82 Å². The van der Waals surface area contributed by atoms with Gasteiger partial charge in [-0.2, -0.15) is 0 Å². The zero-order valence-corrected chi connectivity index (χ0v) is 12.0. The molecule has 2 heterocycles. The minimum atomic E-state index is -0.0463. The molecule has 0 radical (unpaired) electrons. The number of fused-ring (bicyclic) bond motifs is 1. The number of hydrogen-bond acceptors (Lipinski definition) is 4. The van der Waals surface area contributed by atoms with Gasteiger partial charge in [0.15, 0.2) is 5.82 Å². The molecule has 21 heavy (non-hydrogen) atoms. The maximum atomic E-state index is 9.36. The molecule has 1 N–H and O–H groups in total. The summed E-state index contributed by atoms with van der Waals surface area (Å²) in [6.45, 7) is 3.87. The van der Waals surface area contributed by atoms with Crippen LogP contribution in [0.1, 0.15) is 16.8 Å². The fraction of sp³-hybridized carbons (Fsp3) is 0.188. The highest BCUT2D eigenvalue weighted by molar-refractivity contribution is 5.56. The van der Waals surface area contributed by atoms with Crippen molar-refractivity contribution < 1.29 is 5.11 Å². The Morgan fingerprint density at radius 1 is 1.10 bits per heavy atom. The molecule has 0 fully saturated rings. The molecule has 0 aliphatic heterocycles. The summed E-state index contributed by atoms with van der Waals surface area (Å²) in [5, 5.41) is 17.9. The highest BCUT2D eigenvalue weighted by atomic mass is 16.3. The van der Waals surface area contributed by atoms with Gasteiger partial charge < -0.3 is 5.11 Å². The SMILES string of the molecule is Cc1ccc(N=Nc2c(C)nc3c(CO)cccn23)cc1. The molecular weight excluding hydrogens is 264 g/mol. The largest absolute Gasteiger partial charge is 0.392 e. The second-order valence-corrected chi connectivity index (χ2v) is 4.94. The summed E-state index contributed by atoms with van der Waals surface area (Å²) >= 11 is 0. The Hall–Kier alpha value is -2.53. The standard InChI is InChI=1S/C16H16N4O/c1-11-5-7-14(8-6-11)18-19-15-12(2)17-16-13(10-21)4-3-9-20(15)16/h3-9,21H,10H2,1-2H3. The molecule has 0 spiro atoms. The third-order valence-electron chi connectivity index (χ3n) is 3.34. The normalized spacial score (nSPS) is 11.6. The maximum absolute atomic E-state index is 9.36. The highest BCUT2D eigenvalue weighted by Gasteiger charge is 2.10. The van der Waals surface area contributed by atoms with Crippen molar-refractivity contribution in [3.05, 3.63) is 59.4 Å². The predicted octanol–water partition coefficient (Wildman–Crippen LogP) is 3.86. The highest BCUT2D eigenvalue weighted by Crippen LogP contribution is 2.25. The lowest BCUT2D eigenvalue weighted by molar-refractivity contribution is 0.282. The molecule has 3 rings (SSSR count). The summed E-state index contributed by atoms with van der Waals surface area (Å²) in [6.07, 6.45) is 1.87. The first-order valence-corrected chi connectivity index (χ1v) is 6.75. The molecule has 0 aliphatic rings. The van der Waals surface area contributed by atoms with Crippen molar-refractivity contribution in [1.82, 2.24) is 9.38 Å². The number of aliphatic hydroxyl groups is 1. The molecule has 5 heteroatoms. The number of pyridine rings is 1. The van der Waals surface area contributed by atoms with E-state index in [2.05, 4.69) is 15.2 Å². The topological polar surface area (TPSA) is 62.2 Å². The Labute approximate surface area is 122 Å². The third-order valence-corrected chi connectivity index (χ3v) is 3.34. The Balaban J connectivity index is 2.04. The van der Waals surface area contributed by atoms with E-state index in [-0.39, 0.29) is 6.61 Å². The molecule has 0 atom stereocenters. The minimum absolute atomic E-state index is 0.0463. The van der Waals surface area contributed by atoms with Gasteiger partial charge in [-0.25, -0.2) is 4.98 Å². The first-order chi connectivity index (χ1) is 10.2. The van der Waals surface area contributed by atoms with Crippen LogP contribution in [0.3, 0.4) is 0 Å². The number of nitrogens with zero attached hydrogens (tertiary/aromatic N) is 4. The Morgan fingerprint density at radius 3 is 2.57 bits per heavy atom. The molecule has 0 saturated heterocycles. The van der Waals surface area contributed by atoms with E-state index >= 15 is 0 Å². The monoisotopic (exact) mass is 280 g/mol. The Bertz CT molecular complexity index is 803. The van der Waals surface area contributed by atoms with Gasteiger partial charge >= 0.3 is 0 Å². The molecule has 2 aromatic heterocycles. The lowest BCUT2D eigenvalue weighted by Gasteiger charge is -2.00. The molecule has 0 bridgehead atoms. The molecule has 1 aromatic carbocycles. The van der Waals surface area contributed by atoms with E-state index in [1.807, 2.05) is 60.8 Å². The van der Waals surface area contributed by atoms with Gasteiger partial charge in [0.1, 0.15) is 5.65 Å². The van der Waals surface area contributed by atoms with Crippen LogP contribution >= 0.6 is 0 Å². The summed E-state index contributed by atoms with van der Waals surface area (Å²) in [5.41, 5.74) is 4.26. The number of aryl methyl sites for hydroxylation is 2. The number of imidazole rings is 1. The predicted molar refractivity (Wildman–Crippen MR) is 81.2 cm³/mol. The van der Waals surface area contributed by atoms with Gasteiger partial charge in [-0.1, -0.05) is 23.8 Å². The van der Waals surface area contributed by atoms with Gasteiger partial charge in [-0.15, -0.1) is 10.2 Å². The van der Waals surface area contributed by atoms with Gasteiger partial charge in [-0.3, -0.25) is 4.40 Å². The van der Waals surface area contributed by atoms with E-state index in [4.69, 9.17) is 0 Å². The Kier molecular flexibility index (Phi) is 3.50. The van der Waals surface area contributed by atoms with E-state index in [9.17, 15) is 5.11 Å². The van der Waals surface area contributed by atoms with Gasteiger partial charge in [-0.05, 0) is 32.0 Å². The van der Waals surface area contributed by atoms with Crippen molar-refractivity contribution in [1.29, 1.82) is 0 Å². The van der Waals surface area contributed by atoms with Crippen LogP contribution in [0.4, 0.5) is 11.5 Å². The number of rotatable bonds is 3. The van der Waals surface area contributed by atoms with Crippen LogP contribution in [0.2, 0.25) is 0 Å². The fourth-order valence-corrected chi connectivity index (χ4v) is 2.19. The lowest BCUT2D eigenvalue weighted by atomic mass is 10.2. The molecule has 0 unspecified atom stereocenters. The Morgan fingerprint density at radius 2 is 1.86 bits per heavy atom. The molecule has 0 saturated carbocycles. The zero-order chi connectivity index (χ0) is 14.8. The number of azo groups is 1. The summed E-state index contributed by atoms with van der Waals surface area (Å²) in [6, 6.07) is 11.6. The number of benzene rings is 1. The van der Waals surface area contributed by atoms with Crippen molar-refractivity contribution in [2.45, 2.75) is 20.5 Å². The molecule has 3 aromatic rings. The number of aromatic nitrogens is 2. The van der Waals surface area contributed by atoms with E-state index < -0.39 is 0 Å². The van der Waals surface area contributed by atoms with E-state index in [1.54, 1.807) is 0 Å². The van der Waals surface area contributed by atoms with Crippen molar-refractivity contribution >= 4 is 17.2 Å². The second kappa shape index (κ2) is 5.46. The van der Waals surface area contributed by atoms with Crippen molar-refractivity contribution in [2.75, 3.05) is 0 Å². The maximum Gasteiger partial charge on any atom is 0.182 e. The second-order valence-electron chi connectivity index (χ2n) is 4.94. The van der Waals surface area contributed by atoms with E-state index in [0.717, 1.165) is 22.6 Å².